The Kier molecular flexibility index (Phi) is 5.86. The molecule has 1 fully saturated rings. The molecule has 0 atom stereocenters. The standard InChI is InChI=1S/C16H18Cl2N2O2/c1-12(21)19-8-3-9-20(11-10-19)15(22)7-6-13-4-2-5-14(17)16(13)18/h2,4-7H,3,8-11H2,1H3/b7-6+. The van der Waals surface area contributed by atoms with Crippen LogP contribution in [0.15, 0.2) is 24.3 Å². The van der Waals surface area contributed by atoms with Crippen LogP contribution in [0.3, 0.4) is 0 Å². The van der Waals surface area contributed by atoms with Crippen molar-refractivity contribution in [3.63, 3.8) is 0 Å². The molecule has 4 nitrogen and oxygen atoms in total. The lowest BCUT2D eigenvalue weighted by Gasteiger charge is -2.20. The molecule has 2 rings (SSSR count). The van der Waals surface area contributed by atoms with Gasteiger partial charge < -0.3 is 9.80 Å². The molecule has 118 valence electrons. The maximum Gasteiger partial charge on any atom is 0.246 e. The van der Waals surface area contributed by atoms with Gasteiger partial charge in [0.1, 0.15) is 0 Å². The summed E-state index contributed by atoms with van der Waals surface area (Å²) < 4.78 is 0. The first kappa shape index (κ1) is 16.8. The first-order valence-electron chi connectivity index (χ1n) is 7.15. The molecule has 1 heterocycles. The fraction of sp³-hybridized carbons (Fsp3) is 0.375. The second kappa shape index (κ2) is 7.65. The smallest absolute Gasteiger partial charge is 0.246 e. The lowest BCUT2D eigenvalue weighted by Crippen LogP contribution is -2.35. The van der Waals surface area contributed by atoms with Crippen molar-refractivity contribution in [2.24, 2.45) is 0 Å². The van der Waals surface area contributed by atoms with Crippen molar-refractivity contribution in [1.82, 2.24) is 9.80 Å². The number of halogens is 2. The Morgan fingerprint density at radius 3 is 2.50 bits per heavy atom. The van der Waals surface area contributed by atoms with E-state index < -0.39 is 0 Å². The van der Waals surface area contributed by atoms with E-state index in [4.69, 9.17) is 23.2 Å². The van der Waals surface area contributed by atoms with Crippen LogP contribution in [0.5, 0.6) is 0 Å². The van der Waals surface area contributed by atoms with Crippen molar-refractivity contribution in [1.29, 1.82) is 0 Å². The first-order valence-corrected chi connectivity index (χ1v) is 7.91. The molecule has 1 aromatic carbocycles. The zero-order valence-electron chi connectivity index (χ0n) is 12.4. The summed E-state index contributed by atoms with van der Waals surface area (Å²) in [5.41, 5.74) is 0.711. The third-order valence-electron chi connectivity index (χ3n) is 3.64. The molecule has 1 saturated heterocycles. The minimum absolute atomic E-state index is 0.0514. The fourth-order valence-electron chi connectivity index (χ4n) is 2.37. The van der Waals surface area contributed by atoms with Gasteiger partial charge in [-0.1, -0.05) is 35.3 Å². The Hall–Kier alpha value is -1.52. The summed E-state index contributed by atoms with van der Waals surface area (Å²) in [6, 6.07) is 5.29. The predicted octanol–water partition coefficient (Wildman–Crippen LogP) is 3.09. The molecule has 0 spiro atoms. The van der Waals surface area contributed by atoms with Crippen LogP contribution in [0.1, 0.15) is 18.9 Å². The van der Waals surface area contributed by atoms with Crippen LogP contribution >= 0.6 is 23.2 Å². The van der Waals surface area contributed by atoms with Gasteiger partial charge in [0, 0.05) is 39.2 Å². The van der Waals surface area contributed by atoms with Gasteiger partial charge in [-0.2, -0.15) is 0 Å². The van der Waals surface area contributed by atoms with Gasteiger partial charge in [-0.05, 0) is 24.1 Å². The van der Waals surface area contributed by atoms with Gasteiger partial charge in [-0.15, -0.1) is 0 Å². The van der Waals surface area contributed by atoms with Gasteiger partial charge in [0.15, 0.2) is 0 Å². The van der Waals surface area contributed by atoms with Gasteiger partial charge in [-0.3, -0.25) is 9.59 Å². The van der Waals surface area contributed by atoms with Gasteiger partial charge in [-0.25, -0.2) is 0 Å². The molecule has 0 aliphatic carbocycles. The van der Waals surface area contributed by atoms with Crippen LogP contribution in [-0.4, -0.2) is 47.8 Å². The zero-order valence-corrected chi connectivity index (χ0v) is 13.9. The van der Waals surface area contributed by atoms with E-state index in [0.717, 1.165) is 6.42 Å². The monoisotopic (exact) mass is 340 g/mol. The van der Waals surface area contributed by atoms with Gasteiger partial charge in [0.05, 0.1) is 10.0 Å². The second-order valence-electron chi connectivity index (χ2n) is 5.16. The normalized spacial score (nSPS) is 16.0. The number of carbonyl (C=O) groups excluding carboxylic acids is 2. The Morgan fingerprint density at radius 1 is 1.09 bits per heavy atom. The number of benzene rings is 1. The largest absolute Gasteiger partial charge is 0.341 e. The van der Waals surface area contributed by atoms with Crippen LogP contribution in [0.25, 0.3) is 6.08 Å². The molecule has 1 aliphatic heterocycles. The van der Waals surface area contributed by atoms with Crippen LogP contribution in [0, 0.1) is 0 Å². The van der Waals surface area contributed by atoms with Crippen molar-refractivity contribution < 1.29 is 9.59 Å². The highest BCUT2D eigenvalue weighted by molar-refractivity contribution is 6.42. The number of nitrogens with zero attached hydrogens (tertiary/aromatic N) is 2. The average Bonchev–Trinajstić information content (AvgIpc) is 2.74. The van der Waals surface area contributed by atoms with Crippen molar-refractivity contribution in [3.05, 3.63) is 39.9 Å². The molecule has 1 aromatic rings. The molecule has 2 amide bonds. The van der Waals surface area contributed by atoms with E-state index in [1.54, 1.807) is 41.0 Å². The minimum Gasteiger partial charge on any atom is -0.341 e. The number of hydrogen-bond acceptors (Lipinski definition) is 2. The average molecular weight is 341 g/mol. The van der Waals surface area contributed by atoms with E-state index in [2.05, 4.69) is 0 Å². The highest BCUT2D eigenvalue weighted by Crippen LogP contribution is 2.26. The molecular formula is C16H18Cl2N2O2. The predicted molar refractivity (Wildman–Crippen MR) is 88.9 cm³/mol. The molecular weight excluding hydrogens is 323 g/mol. The van der Waals surface area contributed by atoms with Gasteiger partial charge >= 0.3 is 0 Å². The lowest BCUT2D eigenvalue weighted by atomic mass is 10.2. The molecule has 0 aromatic heterocycles. The maximum atomic E-state index is 12.3. The van der Waals surface area contributed by atoms with Gasteiger partial charge in [0.25, 0.3) is 0 Å². The SMILES string of the molecule is CC(=O)N1CCCN(C(=O)/C=C/c2cccc(Cl)c2Cl)CC1. The first-order chi connectivity index (χ1) is 10.5. The van der Waals surface area contributed by atoms with Crippen LogP contribution in [0.4, 0.5) is 0 Å². The summed E-state index contributed by atoms with van der Waals surface area (Å²) in [6.45, 7) is 4.02. The topological polar surface area (TPSA) is 40.6 Å². The quantitative estimate of drug-likeness (QED) is 0.776. The number of hydrogen-bond donors (Lipinski definition) is 0. The summed E-state index contributed by atoms with van der Waals surface area (Å²) in [5.74, 6) is -0.0306. The third kappa shape index (κ3) is 4.24. The maximum absolute atomic E-state index is 12.3. The molecule has 0 unspecified atom stereocenters. The molecule has 0 saturated carbocycles. The van der Waals surface area contributed by atoms with E-state index >= 15 is 0 Å². The Labute approximate surface area is 140 Å². The summed E-state index contributed by atoms with van der Waals surface area (Å²) in [4.78, 5) is 27.2. The van der Waals surface area contributed by atoms with Crippen LogP contribution < -0.4 is 0 Å². The minimum atomic E-state index is -0.0820. The molecule has 0 N–H and O–H groups in total. The Bertz CT molecular complexity index is 602. The second-order valence-corrected chi connectivity index (χ2v) is 5.95. The molecule has 6 heteroatoms. The molecule has 1 aliphatic rings. The van der Waals surface area contributed by atoms with Crippen LogP contribution in [-0.2, 0) is 9.59 Å². The number of amides is 2. The van der Waals surface area contributed by atoms with Crippen molar-refractivity contribution in [2.75, 3.05) is 26.2 Å². The highest BCUT2D eigenvalue weighted by atomic mass is 35.5. The molecule has 0 radical (unpaired) electrons. The summed E-state index contributed by atoms with van der Waals surface area (Å²) in [6.07, 6.45) is 3.96. The molecule has 0 bridgehead atoms. The van der Waals surface area contributed by atoms with Crippen molar-refractivity contribution in [3.8, 4) is 0 Å². The lowest BCUT2D eigenvalue weighted by molar-refractivity contribution is -0.130. The number of carbonyl (C=O) groups is 2. The summed E-state index contributed by atoms with van der Waals surface area (Å²) in [5, 5.41) is 0.898. The van der Waals surface area contributed by atoms with Gasteiger partial charge in [0.2, 0.25) is 11.8 Å². The Balaban J connectivity index is 2.01. The van der Waals surface area contributed by atoms with E-state index in [0.29, 0.717) is 41.8 Å². The summed E-state index contributed by atoms with van der Waals surface area (Å²) in [7, 11) is 0. The van der Waals surface area contributed by atoms with Crippen molar-refractivity contribution >= 4 is 41.1 Å². The van der Waals surface area contributed by atoms with E-state index in [1.807, 2.05) is 0 Å². The Morgan fingerprint density at radius 2 is 1.77 bits per heavy atom. The van der Waals surface area contributed by atoms with E-state index in [1.165, 1.54) is 6.08 Å². The van der Waals surface area contributed by atoms with E-state index in [-0.39, 0.29) is 11.8 Å². The zero-order chi connectivity index (χ0) is 16.1. The third-order valence-corrected chi connectivity index (χ3v) is 4.47. The highest BCUT2D eigenvalue weighted by Gasteiger charge is 2.18. The van der Waals surface area contributed by atoms with E-state index in [9.17, 15) is 9.59 Å². The number of rotatable bonds is 2. The molecule has 22 heavy (non-hydrogen) atoms. The van der Waals surface area contributed by atoms with Crippen molar-refractivity contribution in [2.45, 2.75) is 13.3 Å². The fourth-order valence-corrected chi connectivity index (χ4v) is 2.74. The van der Waals surface area contributed by atoms with Crippen LogP contribution in [0.2, 0.25) is 10.0 Å². The summed E-state index contributed by atoms with van der Waals surface area (Å²) >= 11 is 12.0.